The van der Waals surface area contributed by atoms with E-state index >= 15 is 0 Å². The minimum absolute atomic E-state index is 0.0537. The maximum absolute atomic E-state index is 11.1. The lowest BCUT2D eigenvalue weighted by atomic mass is 10.3. The third-order valence-corrected chi connectivity index (χ3v) is 1.99. The Morgan fingerprint density at radius 1 is 1.67 bits per heavy atom. The van der Waals surface area contributed by atoms with E-state index in [1.807, 2.05) is 9.39 Å². The van der Waals surface area contributed by atoms with Gasteiger partial charge in [0.15, 0.2) is 6.10 Å². The number of ether oxygens (including phenoxy) is 1. The summed E-state index contributed by atoms with van der Waals surface area (Å²) in [5.41, 5.74) is 0. The van der Waals surface area contributed by atoms with Gasteiger partial charge in [-0.25, -0.2) is 0 Å². The van der Waals surface area contributed by atoms with Crippen molar-refractivity contribution in [1.29, 1.82) is 0 Å². The topological polar surface area (TPSA) is 63.7 Å². The Bertz CT molecular complexity index is 250. The van der Waals surface area contributed by atoms with Gasteiger partial charge < -0.3 is 4.74 Å². The van der Waals surface area contributed by atoms with Crippen molar-refractivity contribution >= 4 is 27.2 Å². The fourth-order valence-corrected chi connectivity index (χ4v) is 1.19. The molecule has 0 radical (unpaired) electrons. The maximum Gasteiger partial charge on any atom is 0.303 e. The molecule has 0 aromatic heterocycles. The first-order valence-corrected chi connectivity index (χ1v) is 3.82. The summed E-state index contributed by atoms with van der Waals surface area (Å²) in [5.74, 6) is -1.39. The molecule has 0 bridgehead atoms. The summed E-state index contributed by atoms with van der Waals surface area (Å²) < 4.78 is 5.48. The molecular weight excluding hydrogens is 181 g/mol. The van der Waals surface area contributed by atoms with E-state index < -0.39 is 18.0 Å². The van der Waals surface area contributed by atoms with Crippen LogP contribution in [-0.4, -0.2) is 28.6 Å². The fourth-order valence-electron chi connectivity index (χ4n) is 0.915. The van der Waals surface area contributed by atoms with Gasteiger partial charge in [-0.05, 0) is 9.39 Å². The molecule has 1 heterocycles. The molecule has 0 aliphatic carbocycles. The van der Waals surface area contributed by atoms with Gasteiger partial charge >= 0.3 is 5.97 Å². The minimum Gasteiger partial charge on any atom is -0.452 e. The zero-order chi connectivity index (χ0) is 9.30. The molecule has 0 N–H and O–H groups in total. The van der Waals surface area contributed by atoms with E-state index in [0.717, 1.165) is 4.67 Å². The van der Waals surface area contributed by atoms with E-state index in [9.17, 15) is 14.4 Å². The minimum atomic E-state index is -0.924. The van der Waals surface area contributed by atoms with E-state index in [4.69, 9.17) is 0 Å². The number of hydrogen-bond acceptors (Lipinski definition) is 4. The molecule has 0 aromatic rings. The Morgan fingerprint density at radius 2 is 2.25 bits per heavy atom. The van der Waals surface area contributed by atoms with Crippen LogP contribution in [0.25, 0.3) is 0 Å². The Labute approximate surface area is 71.3 Å². The number of rotatable bonds is 1. The van der Waals surface area contributed by atoms with Crippen LogP contribution >= 0.6 is 9.39 Å². The smallest absolute Gasteiger partial charge is 0.303 e. The zero-order valence-electron chi connectivity index (χ0n) is 6.44. The van der Waals surface area contributed by atoms with Crippen molar-refractivity contribution in [1.82, 2.24) is 4.67 Å². The van der Waals surface area contributed by atoms with Crippen molar-refractivity contribution < 1.29 is 19.1 Å². The predicted molar refractivity (Wildman–Crippen MR) is 41.7 cm³/mol. The molecule has 1 rings (SSSR count). The second-order valence-corrected chi connectivity index (χ2v) is 2.92. The summed E-state index contributed by atoms with van der Waals surface area (Å²) in [5, 5.41) is 0. The predicted octanol–water partition coefficient (Wildman–Crippen LogP) is -0.533. The van der Waals surface area contributed by atoms with Gasteiger partial charge in [0.2, 0.25) is 5.91 Å². The second kappa shape index (κ2) is 3.19. The molecular formula is C6H8NO4P. The van der Waals surface area contributed by atoms with Gasteiger partial charge in [0.05, 0.1) is 6.42 Å². The quantitative estimate of drug-likeness (QED) is 0.316. The van der Waals surface area contributed by atoms with Crippen molar-refractivity contribution in [2.24, 2.45) is 0 Å². The van der Waals surface area contributed by atoms with E-state index in [1.54, 1.807) is 0 Å². The van der Waals surface area contributed by atoms with Gasteiger partial charge in [-0.2, -0.15) is 0 Å². The number of carbonyl (C=O) groups excluding carboxylic acids is 3. The van der Waals surface area contributed by atoms with E-state index in [1.165, 1.54) is 6.92 Å². The standard InChI is InChI=1S/C6H8NO4P/c1-3(8)11-4-2-5(9)7(12)6(4)10/h4H,2,12H2,1H3/t4-/m0/s1. The van der Waals surface area contributed by atoms with Crippen molar-refractivity contribution in [3.05, 3.63) is 0 Å². The van der Waals surface area contributed by atoms with Crippen LogP contribution in [0.2, 0.25) is 0 Å². The van der Waals surface area contributed by atoms with Gasteiger partial charge in [-0.15, -0.1) is 0 Å². The van der Waals surface area contributed by atoms with Crippen molar-refractivity contribution in [2.45, 2.75) is 19.4 Å². The monoisotopic (exact) mass is 189 g/mol. The summed E-state index contributed by atoms with van der Waals surface area (Å²) in [7, 11) is 1.98. The number of hydrogen-bond donors (Lipinski definition) is 0. The summed E-state index contributed by atoms with van der Waals surface area (Å²) in [6.07, 6.45) is -0.977. The van der Waals surface area contributed by atoms with Gasteiger partial charge in [-0.1, -0.05) is 0 Å². The van der Waals surface area contributed by atoms with Crippen LogP contribution in [0.3, 0.4) is 0 Å². The number of esters is 1. The molecule has 1 aliphatic heterocycles. The van der Waals surface area contributed by atoms with E-state index in [0.29, 0.717) is 0 Å². The highest BCUT2D eigenvalue weighted by molar-refractivity contribution is 7.16. The zero-order valence-corrected chi connectivity index (χ0v) is 7.60. The third-order valence-electron chi connectivity index (χ3n) is 1.45. The number of nitrogens with zero attached hydrogens (tertiary/aromatic N) is 1. The van der Waals surface area contributed by atoms with E-state index in [-0.39, 0.29) is 12.3 Å². The van der Waals surface area contributed by atoms with E-state index in [2.05, 4.69) is 4.74 Å². The molecule has 0 spiro atoms. The molecule has 1 aliphatic rings. The van der Waals surface area contributed by atoms with Gasteiger partial charge in [0.1, 0.15) is 0 Å². The lowest BCUT2D eigenvalue weighted by molar-refractivity contribution is -0.152. The molecule has 6 heteroatoms. The highest BCUT2D eigenvalue weighted by Gasteiger charge is 2.38. The molecule has 1 unspecified atom stereocenters. The summed E-state index contributed by atoms with van der Waals surface area (Å²) >= 11 is 0. The Balaban J connectivity index is 2.65. The van der Waals surface area contributed by atoms with Gasteiger partial charge in [0.25, 0.3) is 5.91 Å². The molecule has 12 heavy (non-hydrogen) atoms. The number of imide groups is 1. The second-order valence-electron chi connectivity index (χ2n) is 2.40. The lowest BCUT2D eigenvalue weighted by Crippen LogP contribution is -2.26. The van der Waals surface area contributed by atoms with Crippen LogP contribution in [0.5, 0.6) is 0 Å². The number of amides is 2. The summed E-state index contributed by atoms with van der Waals surface area (Å²) in [6, 6.07) is 0. The van der Waals surface area contributed by atoms with Gasteiger partial charge in [-0.3, -0.25) is 19.1 Å². The highest BCUT2D eigenvalue weighted by Crippen LogP contribution is 2.19. The van der Waals surface area contributed by atoms with Crippen LogP contribution in [0.1, 0.15) is 13.3 Å². The van der Waals surface area contributed by atoms with Crippen LogP contribution in [-0.2, 0) is 19.1 Å². The van der Waals surface area contributed by atoms with Crippen LogP contribution in [0.4, 0.5) is 0 Å². The highest BCUT2D eigenvalue weighted by atomic mass is 31.0. The molecule has 2 amide bonds. The largest absolute Gasteiger partial charge is 0.452 e. The molecule has 1 saturated heterocycles. The Morgan fingerprint density at radius 3 is 2.58 bits per heavy atom. The first-order chi connectivity index (χ1) is 5.52. The molecule has 5 nitrogen and oxygen atoms in total. The Hall–Kier alpha value is -0.960. The molecule has 0 aromatic carbocycles. The average molecular weight is 189 g/mol. The molecule has 1 fully saturated rings. The van der Waals surface area contributed by atoms with Crippen molar-refractivity contribution in [3.63, 3.8) is 0 Å². The maximum atomic E-state index is 11.1. The fraction of sp³-hybridized carbons (Fsp3) is 0.500. The van der Waals surface area contributed by atoms with Crippen molar-refractivity contribution in [2.75, 3.05) is 0 Å². The molecule has 2 atom stereocenters. The molecule has 66 valence electrons. The lowest BCUT2D eigenvalue weighted by Gasteiger charge is -2.07. The normalized spacial score (nSPS) is 23.2. The van der Waals surface area contributed by atoms with Crippen LogP contribution in [0.15, 0.2) is 0 Å². The van der Waals surface area contributed by atoms with Crippen LogP contribution < -0.4 is 0 Å². The first kappa shape index (κ1) is 9.13. The SMILES string of the molecule is CC(=O)O[C@H]1CC(=O)N(P)C1=O. The third kappa shape index (κ3) is 1.61. The van der Waals surface area contributed by atoms with Gasteiger partial charge in [0, 0.05) is 6.92 Å². The summed E-state index contributed by atoms with van der Waals surface area (Å²) in [6.45, 7) is 1.20. The summed E-state index contributed by atoms with van der Waals surface area (Å²) in [4.78, 5) is 32.4. The first-order valence-electron chi connectivity index (χ1n) is 3.31. The Kier molecular flexibility index (Phi) is 2.43. The average Bonchev–Trinajstić information content (AvgIpc) is 2.17. The van der Waals surface area contributed by atoms with Crippen molar-refractivity contribution in [3.8, 4) is 0 Å². The molecule has 0 saturated carbocycles. The van der Waals surface area contributed by atoms with Crippen LogP contribution in [0, 0.1) is 0 Å². The number of carbonyl (C=O) groups is 3.